The molecule has 4 heteroatoms. The monoisotopic (exact) mass is 364 g/mol. The fourth-order valence-electron chi connectivity index (χ4n) is 5.01. The van der Waals surface area contributed by atoms with Gasteiger partial charge in [0.1, 0.15) is 0 Å². The molecule has 0 aliphatic heterocycles. The first-order valence-corrected chi connectivity index (χ1v) is 9.20. The van der Waals surface area contributed by atoms with Crippen molar-refractivity contribution in [2.75, 3.05) is 5.32 Å². The second kappa shape index (κ2) is 5.54. The topological polar surface area (TPSA) is 24.1 Å². The average Bonchev–Trinajstić information content (AvgIpc) is 2.45. The van der Waals surface area contributed by atoms with Gasteiger partial charge in [-0.05, 0) is 92.3 Å². The van der Waals surface area contributed by atoms with Crippen LogP contribution in [0.15, 0.2) is 28.7 Å². The zero-order chi connectivity index (χ0) is 14.4. The first-order chi connectivity index (χ1) is 10.2. The zero-order valence-corrected chi connectivity index (χ0v) is 14.4. The Morgan fingerprint density at radius 2 is 1.52 bits per heavy atom. The Morgan fingerprint density at radius 1 is 0.952 bits per heavy atom. The van der Waals surface area contributed by atoms with Crippen LogP contribution in [0.2, 0.25) is 0 Å². The first kappa shape index (κ1) is 14.0. The number of rotatable bonds is 2. The Bertz CT molecular complexity index is 514. The number of anilines is 1. The van der Waals surface area contributed by atoms with Crippen molar-refractivity contribution in [2.24, 2.45) is 23.7 Å². The molecule has 0 radical (unpaired) electrons. The number of halogens is 1. The minimum absolute atomic E-state index is 0.605. The van der Waals surface area contributed by atoms with Gasteiger partial charge in [0.25, 0.3) is 0 Å². The van der Waals surface area contributed by atoms with Gasteiger partial charge in [-0.1, -0.05) is 15.9 Å². The van der Waals surface area contributed by atoms with Crippen LogP contribution in [0.3, 0.4) is 0 Å². The smallest absolute Gasteiger partial charge is 0.171 e. The van der Waals surface area contributed by atoms with Gasteiger partial charge in [0.05, 0.1) is 0 Å². The third kappa shape index (κ3) is 2.85. The second-order valence-corrected chi connectivity index (χ2v) is 8.39. The maximum absolute atomic E-state index is 5.53. The van der Waals surface area contributed by atoms with Crippen molar-refractivity contribution in [3.63, 3.8) is 0 Å². The summed E-state index contributed by atoms with van der Waals surface area (Å²) >= 11 is 8.99. The van der Waals surface area contributed by atoms with Crippen LogP contribution in [0.1, 0.15) is 32.1 Å². The Hall–Kier alpha value is -0.610. The van der Waals surface area contributed by atoms with E-state index in [9.17, 15) is 0 Å². The Labute approximate surface area is 140 Å². The van der Waals surface area contributed by atoms with Gasteiger partial charge in [-0.3, -0.25) is 0 Å². The minimum Gasteiger partial charge on any atom is -0.359 e. The molecule has 2 N–H and O–H groups in total. The van der Waals surface area contributed by atoms with Crippen LogP contribution in [0.5, 0.6) is 0 Å². The molecule has 4 aliphatic carbocycles. The molecule has 4 fully saturated rings. The number of benzene rings is 1. The van der Waals surface area contributed by atoms with Crippen LogP contribution in [0.25, 0.3) is 0 Å². The highest BCUT2D eigenvalue weighted by molar-refractivity contribution is 9.10. The van der Waals surface area contributed by atoms with Gasteiger partial charge in [-0.15, -0.1) is 0 Å². The molecule has 4 bridgehead atoms. The number of hydrogen-bond acceptors (Lipinski definition) is 1. The van der Waals surface area contributed by atoms with Crippen molar-refractivity contribution < 1.29 is 0 Å². The van der Waals surface area contributed by atoms with Gasteiger partial charge in [-0.25, -0.2) is 0 Å². The molecule has 1 aromatic rings. The predicted octanol–water partition coefficient (Wildman–Crippen LogP) is 4.56. The van der Waals surface area contributed by atoms with Crippen molar-refractivity contribution in [3.8, 4) is 0 Å². The van der Waals surface area contributed by atoms with E-state index in [-0.39, 0.29) is 0 Å². The molecule has 4 aliphatic rings. The zero-order valence-electron chi connectivity index (χ0n) is 12.0. The molecule has 0 heterocycles. The summed E-state index contributed by atoms with van der Waals surface area (Å²) in [5.41, 5.74) is 1.06. The summed E-state index contributed by atoms with van der Waals surface area (Å²) in [6.45, 7) is 0. The molecule has 5 rings (SSSR count). The van der Waals surface area contributed by atoms with E-state index < -0.39 is 0 Å². The number of thiocarbonyl (C=S) groups is 1. The summed E-state index contributed by atoms with van der Waals surface area (Å²) < 4.78 is 1.09. The van der Waals surface area contributed by atoms with E-state index in [4.69, 9.17) is 12.2 Å². The first-order valence-electron chi connectivity index (χ1n) is 8.00. The standard InChI is InChI=1S/C17H21BrN2S/c18-14-1-3-15(4-2-14)19-17(21)20-16-12-6-10-5-11(8-12)9-13(16)7-10/h1-4,10-13,16H,5-9H2,(H2,19,20,21). The number of nitrogens with one attached hydrogen (secondary N) is 2. The molecular weight excluding hydrogens is 344 g/mol. The lowest BCUT2D eigenvalue weighted by molar-refractivity contribution is -0.00665. The molecule has 4 saturated carbocycles. The maximum atomic E-state index is 5.53. The van der Waals surface area contributed by atoms with Gasteiger partial charge < -0.3 is 10.6 Å². The van der Waals surface area contributed by atoms with Crippen molar-refractivity contribution in [2.45, 2.75) is 38.1 Å². The molecule has 0 amide bonds. The van der Waals surface area contributed by atoms with Crippen molar-refractivity contribution in [1.29, 1.82) is 0 Å². The number of hydrogen-bond donors (Lipinski definition) is 2. The van der Waals surface area contributed by atoms with Gasteiger partial charge in [-0.2, -0.15) is 0 Å². The van der Waals surface area contributed by atoms with Gasteiger partial charge >= 0.3 is 0 Å². The van der Waals surface area contributed by atoms with E-state index in [0.717, 1.165) is 38.9 Å². The normalized spacial score (nSPS) is 36.5. The van der Waals surface area contributed by atoms with E-state index in [1.807, 2.05) is 12.1 Å². The average molecular weight is 365 g/mol. The quantitative estimate of drug-likeness (QED) is 0.752. The van der Waals surface area contributed by atoms with E-state index >= 15 is 0 Å². The van der Waals surface area contributed by atoms with Crippen LogP contribution < -0.4 is 10.6 Å². The van der Waals surface area contributed by atoms with Crippen molar-refractivity contribution in [3.05, 3.63) is 28.7 Å². The van der Waals surface area contributed by atoms with Gasteiger partial charge in [0.15, 0.2) is 5.11 Å². The Kier molecular flexibility index (Phi) is 3.70. The second-order valence-electron chi connectivity index (χ2n) is 7.06. The molecule has 0 atom stereocenters. The Morgan fingerprint density at radius 3 is 2.10 bits per heavy atom. The van der Waals surface area contributed by atoms with Gasteiger partial charge in [0, 0.05) is 16.2 Å². The molecule has 0 aromatic heterocycles. The highest BCUT2D eigenvalue weighted by atomic mass is 79.9. The summed E-state index contributed by atoms with van der Waals surface area (Å²) in [6.07, 6.45) is 7.19. The molecule has 0 spiro atoms. The van der Waals surface area contributed by atoms with Crippen LogP contribution in [-0.4, -0.2) is 11.2 Å². The predicted molar refractivity (Wildman–Crippen MR) is 94.3 cm³/mol. The summed E-state index contributed by atoms with van der Waals surface area (Å²) in [7, 11) is 0. The molecule has 0 saturated heterocycles. The Balaban J connectivity index is 1.39. The van der Waals surface area contributed by atoms with E-state index in [1.54, 1.807) is 0 Å². The summed E-state index contributed by atoms with van der Waals surface area (Å²) in [4.78, 5) is 0. The molecular formula is C17H21BrN2S. The third-order valence-electron chi connectivity index (χ3n) is 5.63. The highest BCUT2D eigenvalue weighted by Gasteiger charge is 2.48. The van der Waals surface area contributed by atoms with E-state index in [1.165, 1.54) is 32.1 Å². The minimum atomic E-state index is 0.605. The molecule has 21 heavy (non-hydrogen) atoms. The maximum Gasteiger partial charge on any atom is 0.171 e. The summed E-state index contributed by atoms with van der Waals surface area (Å²) in [6, 6.07) is 8.78. The summed E-state index contributed by atoms with van der Waals surface area (Å²) in [5.74, 6) is 3.73. The van der Waals surface area contributed by atoms with Crippen LogP contribution >= 0.6 is 28.1 Å². The molecule has 112 valence electrons. The fraction of sp³-hybridized carbons (Fsp3) is 0.588. The van der Waals surface area contributed by atoms with Crippen molar-refractivity contribution in [1.82, 2.24) is 5.32 Å². The third-order valence-corrected chi connectivity index (χ3v) is 6.38. The lowest BCUT2D eigenvalue weighted by atomic mass is 9.54. The largest absolute Gasteiger partial charge is 0.359 e. The molecule has 1 aromatic carbocycles. The van der Waals surface area contributed by atoms with Crippen LogP contribution in [-0.2, 0) is 0 Å². The lowest BCUT2D eigenvalue weighted by Crippen LogP contribution is -2.56. The lowest BCUT2D eigenvalue weighted by Gasteiger charge is -2.54. The summed E-state index contributed by atoms with van der Waals surface area (Å²) in [5, 5.41) is 7.75. The molecule has 0 unspecified atom stereocenters. The highest BCUT2D eigenvalue weighted by Crippen LogP contribution is 2.53. The van der Waals surface area contributed by atoms with E-state index in [2.05, 4.69) is 38.7 Å². The van der Waals surface area contributed by atoms with E-state index in [0.29, 0.717) is 6.04 Å². The fourth-order valence-corrected chi connectivity index (χ4v) is 5.53. The SMILES string of the molecule is S=C(Nc1ccc(Br)cc1)NC1C2CC3CC(C2)CC1C3. The van der Waals surface area contributed by atoms with Crippen LogP contribution in [0, 0.1) is 23.7 Å². The van der Waals surface area contributed by atoms with Crippen molar-refractivity contribution >= 4 is 38.9 Å². The van der Waals surface area contributed by atoms with Gasteiger partial charge in [0.2, 0.25) is 0 Å². The molecule has 2 nitrogen and oxygen atoms in total. The van der Waals surface area contributed by atoms with Crippen LogP contribution in [0.4, 0.5) is 5.69 Å².